The predicted molar refractivity (Wildman–Crippen MR) is 93.7 cm³/mol. The summed E-state index contributed by atoms with van der Waals surface area (Å²) >= 11 is 0. The Morgan fingerprint density at radius 1 is 1.17 bits per heavy atom. The van der Waals surface area contributed by atoms with Crippen molar-refractivity contribution in [1.82, 2.24) is 4.37 Å². The van der Waals surface area contributed by atoms with Crippen molar-refractivity contribution in [2.45, 2.75) is 13.0 Å². The van der Waals surface area contributed by atoms with Crippen LogP contribution in [-0.4, -0.2) is 21.9 Å². The highest BCUT2D eigenvalue weighted by Gasteiger charge is 2.15. The van der Waals surface area contributed by atoms with Gasteiger partial charge in [0.15, 0.2) is 0 Å². The van der Waals surface area contributed by atoms with E-state index in [1.807, 2.05) is 43.3 Å². The Labute approximate surface area is 138 Å². The summed E-state index contributed by atoms with van der Waals surface area (Å²) in [6, 6.07) is 16.9. The number of benzene rings is 2. The fourth-order valence-corrected chi connectivity index (χ4v) is 3.27. The van der Waals surface area contributed by atoms with Crippen LogP contribution in [-0.2, 0) is 0 Å². The summed E-state index contributed by atoms with van der Waals surface area (Å²) in [5, 5.41) is 9.31. The molecule has 0 saturated heterocycles. The van der Waals surface area contributed by atoms with Crippen LogP contribution < -0.4 is 10.2 Å². The first-order chi connectivity index (χ1) is 11.0. The Balaban J connectivity index is 1.76. The second kappa shape index (κ2) is 6.44. The highest BCUT2D eigenvalue weighted by atomic mass is 32.2. The molecular formula is C17H16BNO3S. The molecule has 3 rings (SSSR count). The van der Waals surface area contributed by atoms with Gasteiger partial charge < -0.3 is 14.4 Å². The summed E-state index contributed by atoms with van der Waals surface area (Å²) in [5.74, 6) is 0.531. The average Bonchev–Trinajstić information content (AvgIpc) is 2.86. The molecule has 2 atom stereocenters. The summed E-state index contributed by atoms with van der Waals surface area (Å²) in [6.45, 7) is 2.00. The van der Waals surface area contributed by atoms with E-state index in [0.717, 1.165) is 16.9 Å². The van der Waals surface area contributed by atoms with Gasteiger partial charge in [-0.25, -0.2) is 0 Å². The molecule has 116 valence electrons. The SMILES string of the molecule is Bc1cccc([C@@H](C)Oc2ccc(-c3cc(O)n[s+]3[O-])cc2)c1. The summed E-state index contributed by atoms with van der Waals surface area (Å²) in [7, 11) is 0.520. The molecule has 23 heavy (non-hydrogen) atoms. The maximum absolute atomic E-state index is 11.7. The number of aromatic hydroxyl groups is 1. The average molecular weight is 325 g/mol. The molecule has 1 N–H and O–H groups in total. The molecule has 0 spiro atoms. The first-order valence-corrected chi connectivity index (χ1v) is 8.38. The van der Waals surface area contributed by atoms with Gasteiger partial charge in [0.05, 0.1) is 17.0 Å². The van der Waals surface area contributed by atoms with E-state index in [1.54, 1.807) is 0 Å². The van der Waals surface area contributed by atoms with Gasteiger partial charge in [0.25, 0.3) is 5.88 Å². The third kappa shape index (κ3) is 3.55. The van der Waals surface area contributed by atoms with Gasteiger partial charge >= 0.3 is 0 Å². The topological polar surface area (TPSA) is 65.4 Å². The highest BCUT2D eigenvalue weighted by molar-refractivity contribution is 7.23. The Bertz CT molecular complexity index is 817. The molecular weight excluding hydrogens is 309 g/mol. The lowest BCUT2D eigenvalue weighted by Gasteiger charge is -2.15. The number of ether oxygens (including phenoxy) is 1. The molecule has 0 amide bonds. The second-order valence-electron chi connectivity index (χ2n) is 5.41. The summed E-state index contributed by atoms with van der Waals surface area (Å²) < 4.78 is 21.3. The van der Waals surface area contributed by atoms with Crippen molar-refractivity contribution >= 4 is 24.3 Å². The number of hydrogen-bond donors (Lipinski definition) is 1. The predicted octanol–water partition coefficient (Wildman–Crippen LogP) is 2.58. The van der Waals surface area contributed by atoms with E-state index < -0.39 is 10.9 Å². The molecule has 4 nitrogen and oxygen atoms in total. The largest absolute Gasteiger partial charge is 0.568 e. The highest BCUT2D eigenvalue weighted by Crippen LogP contribution is 2.34. The van der Waals surface area contributed by atoms with Crippen molar-refractivity contribution < 1.29 is 14.4 Å². The number of aromatic nitrogens is 1. The van der Waals surface area contributed by atoms with Gasteiger partial charge in [-0.15, -0.1) is 0 Å². The van der Waals surface area contributed by atoms with E-state index in [2.05, 4.69) is 24.4 Å². The molecule has 0 saturated carbocycles. The molecule has 0 aliphatic heterocycles. The van der Waals surface area contributed by atoms with E-state index in [0.29, 0.717) is 4.88 Å². The second-order valence-corrected chi connectivity index (χ2v) is 6.53. The van der Waals surface area contributed by atoms with Crippen molar-refractivity contribution in [2.24, 2.45) is 0 Å². The number of nitrogens with zero attached hydrogens (tertiary/aromatic N) is 1. The molecule has 0 bridgehead atoms. The van der Waals surface area contributed by atoms with Crippen LogP contribution >= 0.6 is 10.9 Å². The molecule has 0 aliphatic carbocycles. The summed E-state index contributed by atoms with van der Waals surface area (Å²) in [5.41, 5.74) is 3.07. The van der Waals surface area contributed by atoms with E-state index in [4.69, 9.17) is 4.74 Å². The van der Waals surface area contributed by atoms with Crippen LogP contribution in [0.5, 0.6) is 11.6 Å². The standard InChI is InChI=1S/C17H16BNO3S/c1-11(13-3-2-4-14(18)9-13)22-15-7-5-12(6-8-15)16-10-17(20)19-23(16)21/h2-11H,18H2,1H3,(H,19,20)/t11-,23?/m1/s1. The van der Waals surface area contributed by atoms with Crippen LogP contribution in [0.25, 0.3) is 10.4 Å². The normalized spacial score (nSPS) is 12.9. The zero-order chi connectivity index (χ0) is 16.4. The zero-order valence-corrected chi connectivity index (χ0v) is 13.7. The Morgan fingerprint density at radius 2 is 1.91 bits per heavy atom. The molecule has 1 heterocycles. The van der Waals surface area contributed by atoms with Crippen molar-refractivity contribution in [3.05, 3.63) is 60.2 Å². The van der Waals surface area contributed by atoms with Crippen molar-refractivity contribution in [1.29, 1.82) is 0 Å². The fraction of sp³-hybridized carbons (Fsp3) is 0.118. The van der Waals surface area contributed by atoms with Crippen molar-refractivity contribution in [2.75, 3.05) is 0 Å². The van der Waals surface area contributed by atoms with Gasteiger partial charge in [-0.2, -0.15) is 0 Å². The lowest BCUT2D eigenvalue weighted by atomic mass is 9.93. The monoisotopic (exact) mass is 325 g/mol. The van der Waals surface area contributed by atoms with E-state index in [1.165, 1.54) is 11.5 Å². The van der Waals surface area contributed by atoms with E-state index in [9.17, 15) is 9.66 Å². The van der Waals surface area contributed by atoms with Gasteiger partial charge in [-0.1, -0.05) is 29.7 Å². The van der Waals surface area contributed by atoms with Gasteiger partial charge in [0.2, 0.25) is 4.88 Å². The Morgan fingerprint density at radius 3 is 2.52 bits per heavy atom. The Kier molecular flexibility index (Phi) is 4.36. The van der Waals surface area contributed by atoms with Crippen molar-refractivity contribution in [3.8, 4) is 22.1 Å². The zero-order valence-electron chi connectivity index (χ0n) is 12.9. The minimum atomic E-state index is -1.53. The first kappa shape index (κ1) is 15.6. The molecule has 6 heteroatoms. The maximum atomic E-state index is 11.7. The Hall–Kier alpha value is -2.31. The number of rotatable bonds is 4. The van der Waals surface area contributed by atoms with Crippen molar-refractivity contribution in [3.63, 3.8) is 0 Å². The minimum absolute atomic E-state index is 0.0621. The van der Waals surface area contributed by atoms with Crippen LogP contribution in [0.1, 0.15) is 18.6 Å². The third-order valence-electron chi connectivity index (χ3n) is 3.59. The van der Waals surface area contributed by atoms with Crippen LogP contribution in [0.3, 0.4) is 0 Å². The molecule has 0 aliphatic rings. The van der Waals surface area contributed by atoms with Gasteiger partial charge in [-0.05, 0) is 36.8 Å². The molecule has 0 radical (unpaired) electrons. The summed E-state index contributed by atoms with van der Waals surface area (Å²) in [6.07, 6.45) is -0.0621. The van der Waals surface area contributed by atoms with Gasteiger partial charge in [0.1, 0.15) is 19.7 Å². The van der Waals surface area contributed by atoms with Gasteiger partial charge in [-0.3, -0.25) is 0 Å². The van der Waals surface area contributed by atoms with E-state index >= 15 is 0 Å². The van der Waals surface area contributed by atoms with Crippen LogP contribution in [0.15, 0.2) is 54.6 Å². The maximum Gasteiger partial charge on any atom is 0.270 e. The summed E-state index contributed by atoms with van der Waals surface area (Å²) in [4.78, 5) is 0.501. The molecule has 1 unspecified atom stereocenters. The molecule has 0 fully saturated rings. The minimum Gasteiger partial charge on any atom is -0.568 e. The molecule has 3 aromatic rings. The van der Waals surface area contributed by atoms with Crippen LogP contribution in [0.4, 0.5) is 0 Å². The first-order valence-electron chi connectivity index (χ1n) is 7.28. The van der Waals surface area contributed by atoms with Crippen LogP contribution in [0.2, 0.25) is 0 Å². The van der Waals surface area contributed by atoms with Gasteiger partial charge in [0, 0.05) is 9.94 Å². The lowest BCUT2D eigenvalue weighted by molar-refractivity contribution is 0.227. The molecule has 1 aromatic heterocycles. The lowest BCUT2D eigenvalue weighted by Crippen LogP contribution is -2.08. The molecule has 2 aromatic carbocycles. The third-order valence-corrected chi connectivity index (χ3v) is 4.67. The van der Waals surface area contributed by atoms with Crippen LogP contribution in [0, 0.1) is 0 Å². The fourth-order valence-electron chi connectivity index (χ4n) is 2.41. The van der Waals surface area contributed by atoms with E-state index in [-0.39, 0.29) is 12.0 Å². The smallest absolute Gasteiger partial charge is 0.270 e. The quantitative estimate of drug-likeness (QED) is 0.591. The number of hydrogen-bond acceptors (Lipinski definition) is 4.